The van der Waals surface area contributed by atoms with Gasteiger partial charge in [-0.3, -0.25) is 4.79 Å². The van der Waals surface area contributed by atoms with Gasteiger partial charge in [-0.2, -0.15) is 9.41 Å². The molecule has 1 N–H and O–H groups in total. The largest absolute Gasteiger partial charge is 0.271 e. The van der Waals surface area contributed by atoms with Gasteiger partial charge in [0.1, 0.15) is 0 Å². The smallest absolute Gasteiger partial charge is 0.267 e. The summed E-state index contributed by atoms with van der Waals surface area (Å²) in [5.74, 6) is -0.421. The van der Waals surface area contributed by atoms with Crippen LogP contribution in [0.1, 0.15) is 54.6 Å². The zero-order valence-electron chi connectivity index (χ0n) is 16.9. The predicted octanol–water partition coefficient (Wildman–Crippen LogP) is 3.58. The lowest BCUT2D eigenvalue weighted by Gasteiger charge is -2.18. The van der Waals surface area contributed by atoms with Crippen LogP contribution in [0.4, 0.5) is 0 Å². The lowest BCUT2D eigenvalue weighted by atomic mass is 10.0. The molecule has 0 bridgehead atoms. The molecule has 2 aromatic carbocycles. The van der Waals surface area contributed by atoms with E-state index in [2.05, 4.69) is 16.6 Å². The van der Waals surface area contributed by atoms with Crippen molar-refractivity contribution in [2.45, 2.75) is 44.4 Å². The van der Waals surface area contributed by atoms with E-state index >= 15 is 0 Å². The fourth-order valence-electron chi connectivity index (χ4n) is 3.57. The minimum absolute atomic E-state index is 0.112. The van der Waals surface area contributed by atoms with Gasteiger partial charge in [0, 0.05) is 24.2 Å². The number of hydrogen-bond donors (Lipinski definition) is 1. The van der Waals surface area contributed by atoms with Gasteiger partial charge in [0.05, 0.1) is 10.6 Å². The summed E-state index contributed by atoms with van der Waals surface area (Å²) in [6.45, 7) is 4.33. The van der Waals surface area contributed by atoms with Crippen LogP contribution in [0.3, 0.4) is 0 Å². The summed E-state index contributed by atoms with van der Waals surface area (Å²) in [6, 6.07) is 14.2. The first-order valence-electron chi connectivity index (χ1n) is 10.0. The van der Waals surface area contributed by atoms with Crippen molar-refractivity contribution in [1.82, 2.24) is 9.73 Å². The number of hydrogen-bond acceptors (Lipinski definition) is 4. The van der Waals surface area contributed by atoms with Crippen LogP contribution in [-0.2, 0) is 16.4 Å². The normalized spacial score (nSPS) is 15.8. The first kappa shape index (κ1) is 21.2. The van der Waals surface area contributed by atoms with E-state index in [1.54, 1.807) is 26.0 Å². The van der Waals surface area contributed by atoms with Gasteiger partial charge in [-0.25, -0.2) is 13.8 Å². The third kappa shape index (κ3) is 4.74. The molecule has 0 atom stereocenters. The highest BCUT2D eigenvalue weighted by atomic mass is 32.2. The maximum absolute atomic E-state index is 12.7. The van der Waals surface area contributed by atoms with E-state index in [1.807, 2.05) is 18.2 Å². The van der Waals surface area contributed by atoms with Crippen LogP contribution in [0.25, 0.3) is 0 Å². The standard InChI is InChI=1S/C22H27N3O3S/c1-3-25(4-2)29(27,28)19-13-9-12-18(16-19)22(26)24-23-21-15-8-6-11-17-10-5-7-14-20(17)21/h5,7,9-10,12-14,16H,3-4,6,8,11,15H2,1-2H3,(H,24,26). The van der Waals surface area contributed by atoms with Crippen LogP contribution in [0.15, 0.2) is 58.5 Å². The molecule has 3 rings (SSSR count). The number of aryl methyl sites for hydroxylation is 1. The van der Waals surface area contributed by atoms with E-state index in [0.717, 1.165) is 37.0 Å². The van der Waals surface area contributed by atoms with Crippen LogP contribution in [0, 0.1) is 0 Å². The average Bonchev–Trinajstić information content (AvgIpc) is 2.95. The summed E-state index contributed by atoms with van der Waals surface area (Å²) >= 11 is 0. The van der Waals surface area contributed by atoms with Crippen molar-refractivity contribution in [2.24, 2.45) is 5.10 Å². The Bertz CT molecular complexity index is 1010. The van der Waals surface area contributed by atoms with E-state index < -0.39 is 15.9 Å². The van der Waals surface area contributed by atoms with Crippen molar-refractivity contribution in [2.75, 3.05) is 13.1 Å². The molecule has 0 fully saturated rings. The monoisotopic (exact) mass is 413 g/mol. The van der Waals surface area contributed by atoms with E-state index in [0.29, 0.717) is 13.1 Å². The molecule has 0 spiro atoms. The molecular weight excluding hydrogens is 386 g/mol. The molecule has 1 aliphatic rings. The summed E-state index contributed by atoms with van der Waals surface area (Å²) in [5.41, 5.74) is 6.05. The Hall–Kier alpha value is -2.51. The molecule has 1 aliphatic carbocycles. The number of carbonyl (C=O) groups is 1. The third-order valence-corrected chi connectivity index (χ3v) is 7.22. The molecule has 2 aromatic rings. The molecule has 0 saturated heterocycles. The van der Waals surface area contributed by atoms with Crippen molar-refractivity contribution in [3.63, 3.8) is 0 Å². The summed E-state index contributed by atoms with van der Waals surface area (Å²) in [6.07, 6.45) is 3.91. The number of nitrogens with one attached hydrogen (secondary N) is 1. The number of carbonyl (C=O) groups excluding carboxylic acids is 1. The highest BCUT2D eigenvalue weighted by Crippen LogP contribution is 2.21. The molecule has 154 valence electrons. The second kappa shape index (κ2) is 9.33. The van der Waals surface area contributed by atoms with Crippen LogP contribution in [0.5, 0.6) is 0 Å². The van der Waals surface area contributed by atoms with Crippen molar-refractivity contribution < 1.29 is 13.2 Å². The second-order valence-corrected chi connectivity index (χ2v) is 8.92. The maximum Gasteiger partial charge on any atom is 0.271 e. The molecule has 0 saturated carbocycles. The molecule has 0 radical (unpaired) electrons. The van der Waals surface area contributed by atoms with Gasteiger partial charge < -0.3 is 0 Å². The maximum atomic E-state index is 12.7. The lowest BCUT2D eigenvalue weighted by Crippen LogP contribution is -2.31. The molecule has 0 aliphatic heterocycles. The highest BCUT2D eigenvalue weighted by Gasteiger charge is 2.22. The van der Waals surface area contributed by atoms with Gasteiger partial charge in [0.25, 0.3) is 5.91 Å². The van der Waals surface area contributed by atoms with E-state index in [9.17, 15) is 13.2 Å². The zero-order chi connectivity index (χ0) is 20.9. The third-order valence-electron chi connectivity index (χ3n) is 5.17. The minimum atomic E-state index is -3.62. The van der Waals surface area contributed by atoms with Crippen molar-refractivity contribution in [1.29, 1.82) is 0 Å². The molecule has 0 unspecified atom stereocenters. The van der Waals surface area contributed by atoms with Crippen LogP contribution in [0.2, 0.25) is 0 Å². The average molecular weight is 414 g/mol. The Morgan fingerprint density at radius 3 is 2.52 bits per heavy atom. The summed E-state index contributed by atoms with van der Waals surface area (Å²) < 4.78 is 26.8. The summed E-state index contributed by atoms with van der Waals surface area (Å²) in [5, 5.41) is 4.38. The van der Waals surface area contributed by atoms with Gasteiger partial charge in [0.15, 0.2) is 0 Å². The number of rotatable bonds is 6. The quantitative estimate of drug-likeness (QED) is 0.581. The summed E-state index contributed by atoms with van der Waals surface area (Å²) in [7, 11) is -3.62. The predicted molar refractivity (Wildman–Crippen MR) is 115 cm³/mol. The number of sulfonamides is 1. The molecule has 1 amide bonds. The van der Waals surface area contributed by atoms with Gasteiger partial charge >= 0.3 is 0 Å². The molecular formula is C22H27N3O3S. The molecule has 0 heterocycles. The first-order valence-corrected chi connectivity index (χ1v) is 11.5. The van der Waals surface area contributed by atoms with Crippen LogP contribution in [-0.4, -0.2) is 37.4 Å². The zero-order valence-corrected chi connectivity index (χ0v) is 17.7. The summed E-state index contributed by atoms with van der Waals surface area (Å²) in [4.78, 5) is 12.8. The van der Waals surface area contributed by atoms with Crippen LogP contribution < -0.4 is 5.43 Å². The van der Waals surface area contributed by atoms with E-state index in [4.69, 9.17) is 0 Å². The van der Waals surface area contributed by atoms with Crippen molar-refractivity contribution in [3.8, 4) is 0 Å². The Balaban J connectivity index is 1.83. The van der Waals surface area contributed by atoms with E-state index in [-0.39, 0.29) is 10.5 Å². The van der Waals surface area contributed by atoms with Crippen LogP contribution >= 0.6 is 0 Å². The molecule has 0 aromatic heterocycles. The number of nitrogens with zero attached hydrogens (tertiary/aromatic N) is 2. The Morgan fingerprint density at radius 1 is 1.03 bits per heavy atom. The van der Waals surface area contributed by atoms with Crippen molar-refractivity contribution in [3.05, 3.63) is 65.2 Å². The van der Waals surface area contributed by atoms with Gasteiger partial charge in [0.2, 0.25) is 10.0 Å². The first-order chi connectivity index (χ1) is 14.0. The topological polar surface area (TPSA) is 78.8 Å². The highest BCUT2D eigenvalue weighted by molar-refractivity contribution is 7.89. The minimum Gasteiger partial charge on any atom is -0.267 e. The second-order valence-electron chi connectivity index (χ2n) is 6.98. The number of fused-ring (bicyclic) bond motifs is 1. The fraction of sp³-hybridized carbons (Fsp3) is 0.364. The van der Waals surface area contributed by atoms with Crippen molar-refractivity contribution >= 4 is 21.6 Å². The molecule has 29 heavy (non-hydrogen) atoms. The SMILES string of the molecule is CCN(CC)S(=O)(=O)c1cccc(C(=O)NN=C2CCCCc3ccccc32)c1. The lowest BCUT2D eigenvalue weighted by molar-refractivity contribution is 0.0954. The number of amides is 1. The Morgan fingerprint density at radius 2 is 1.76 bits per heavy atom. The molecule has 7 heteroatoms. The van der Waals surface area contributed by atoms with Gasteiger partial charge in [-0.15, -0.1) is 0 Å². The van der Waals surface area contributed by atoms with E-state index in [1.165, 1.54) is 22.0 Å². The molecule has 6 nitrogen and oxygen atoms in total. The Kier molecular flexibility index (Phi) is 6.82. The number of hydrazone groups is 1. The van der Waals surface area contributed by atoms with Gasteiger partial charge in [-0.1, -0.05) is 44.2 Å². The number of benzene rings is 2. The van der Waals surface area contributed by atoms with Gasteiger partial charge in [-0.05, 0) is 49.4 Å². The Labute approximate surface area is 172 Å². The fourth-order valence-corrected chi connectivity index (χ4v) is 5.08.